The average molecular weight is 425 g/mol. The van der Waals surface area contributed by atoms with Gasteiger partial charge in [0, 0.05) is 39.9 Å². The first-order chi connectivity index (χ1) is 14.3. The zero-order valence-corrected chi connectivity index (χ0v) is 18.3. The molecule has 3 rings (SSSR count). The fourth-order valence-corrected chi connectivity index (χ4v) is 3.88. The zero-order chi connectivity index (χ0) is 21.8. The molecule has 0 heterocycles. The van der Waals surface area contributed by atoms with Gasteiger partial charge in [0.1, 0.15) is 11.5 Å². The molecule has 0 fully saturated rings. The molecule has 5 heteroatoms. The Hall–Kier alpha value is -2.85. The second-order valence-electron chi connectivity index (χ2n) is 7.59. The predicted molar refractivity (Wildman–Crippen MR) is 120 cm³/mol. The lowest BCUT2D eigenvalue weighted by Gasteiger charge is -2.24. The van der Waals surface area contributed by atoms with Gasteiger partial charge in [-0.15, -0.1) is 0 Å². The summed E-state index contributed by atoms with van der Waals surface area (Å²) in [4.78, 5) is 23.9. The Bertz CT molecular complexity index is 1090. The minimum atomic E-state index is -0.533. The SMILES string of the molecule is C=CC(=O)Oc1c2c(c(OC(C)=O)c3cc(Cl)ccc13)CC=C(CCC=C(C)C)C2. The molecule has 0 saturated carbocycles. The molecular weight excluding hydrogens is 400 g/mol. The normalized spacial score (nSPS) is 12.6. The Morgan fingerprint density at radius 1 is 1.10 bits per heavy atom. The van der Waals surface area contributed by atoms with Crippen LogP contribution in [0.3, 0.4) is 0 Å². The van der Waals surface area contributed by atoms with Gasteiger partial charge in [-0.1, -0.05) is 41.5 Å². The van der Waals surface area contributed by atoms with Gasteiger partial charge in [0.25, 0.3) is 0 Å². The molecule has 0 saturated heterocycles. The number of carbonyl (C=O) groups excluding carboxylic acids is 2. The van der Waals surface area contributed by atoms with Crippen molar-refractivity contribution in [3.8, 4) is 11.5 Å². The predicted octanol–water partition coefficient (Wildman–Crippen LogP) is 6.28. The molecule has 0 bridgehead atoms. The van der Waals surface area contributed by atoms with E-state index < -0.39 is 11.9 Å². The fourth-order valence-electron chi connectivity index (χ4n) is 3.71. The van der Waals surface area contributed by atoms with Crippen LogP contribution in [0.4, 0.5) is 0 Å². The van der Waals surface area contributed by atoms with Crippen molar-refractivity contribution >= 4 is 34.3 Å². The summed E-state index contributed by atoms with van der Waals surface area (Å²) >= 11 is 6.22. The maximum atomic E-state index is 12.1. The Labute approximate surface area is 181 Å². The van der Waals surface area contributed by atoms with Crippen LogP contribution < -0.4 is 9.47 Å². The Morgan fingerprint density at radius 3 is 2.50 bits per heavy atom. The monoisotopic (exact) mass is 424 g/mol. The van der Waals surface area contributed by atoms with Crippen LogP contribution in [0.1, 0.15) is 44.7 Å². The standard InChI is InChI=1S/C25H25ClO4/c1-5-23(28)30-25-20-12-10-18(26)14-22(20)24(29-16(4)27)19-11-9-17(13-21(19)25)8-6-7-15(2)3/h5,7,9-10,12,14H,1,6,8,11,13H2,2-4H3. The molecule has 30 heavy (non-hydrogen) atoms. The van der Waals surface area contributed by atoms with Crippen LogP contribution in [0.15, 0.2) is 54.2 Å². The third kappa shape index (κ3) is 4.82. The van der Waals surface area contributed by atoms with Crippen LogP contribution in [-0.4, -0.2) is 11.9 Å². The van der Waals surface area contributed by atoms with Crippen molar-refractivity contribution in [2.75, 3.05) is 0 Å². The number of rotatable bonds is 6. The summed E-state index contributed by atoms with van der Waals surface area (Å²) in [5.74, 6) is 0.0141. The first-order valence-electron chi connectivity index (χ1n) is 9.91. The molecule has 4 nitrogen and oxygen atoms in total. The van der Waals surface area contributed by atoms with Crippen molar-refractivity contribution in [3.05, 3.63) is 70.3 Å². The van der Waals surface area contributed by atoms with E-state index >= 15 is 0 Å². The van der Waals surface area contributed by atoms with Gasteiger partial charge >= 0.3 is 11.9 Å². The summed E-state index contributed by atoms with van der Waals surface area (Å²) in [5, 5.41) is 1.82. The quantitative estimate of drug-likeness (QED) is 0.237. The van der Waals surface area contributed by atoms with E-state index in [2.05, 4.69) is 32.6 Å². The molecule has 0 amide bonds. The summed E-state index contributed by atoms with van der Waals surface area (Å²) in [6, 6.07) is 5.25. The van der Waals surface area contributed by atoms with Crippen LogP contribution in [0, 0.1) is 0 Å². The van der Waals surface area contributed by atoms with E-state index in [4.69, 9.17) is 21.1 Å². The Morgan fingerprint density at radius 2 is 1.83 bits per heavy atom. The van der Waals surface area contributed by atoms with Gasteiger partial charge < -0.3 is 9.47 Å². The molecule has 2 aromatic carbocycles. The van der Waals surface area contributed by atoms with Gasteiger partial charge in [-0.25, -0.2) is 4.79 Å². The van der Waals surface area contributed by atoms with Gasteiger partial charge in [0.05, 0.1) is 0 Å². The molecular formula is C25H25ClO4. The number of esters is 2. The lowest BCUT2D eigenvalue weighted by atomic mass is 9.85. The third-order valence-corrected chi connectivity index (χ3v) is 5.25. The molecule has 0 unspecified atom stereocenters. The number of benzene rings is 2. The van der Waals surface area contributed by atoms with Gasteiger partial charge in [-0.3, -0.25) is 4.79 Å². The van der Waals surface area contributed by atoms with E-state index in [1.807, 2.05) is 0 Å². The van der Waals surface area contributed by atoms with Crippen molar-refractivity contribution in [1.29, 1.82) is 0 Å². The summed E-state index contributed by atoms with van der Waals surface area (Å²) in [6.07, 6.45) is 8.60. The number of carbonyl (C=O) groups is 2. The molecule has 0 atom stereocenters. The molecule has 1 aliphatic carbocycles. The highest BCUT2D eigenvalue weighted by Crippen LogP contribution is 2.45. The third-order valence-electron chi connectivity index (χ3n) is 5.02. The Kier molecular flexibility index (Phi) is 6.78. The second kappa shape index (κ2) is 9.31. The van der Waals surface area contributed by atoms with E-state index in [9.17, 15) is 9.59 Å². The number of ether oxygens (including phenoxy) is 2. The topological polar surface area (TPSA) is 52.6 Å². The number of halogens is 1. The highest BCUT2D eigenvalue weighted by atomic mass is 35.5. The Balaban J connectivity index is 2.18. The fraction of sp³-hybridized carbons (Fsp3) is 0.280. The summed E-state index contributed by atoms with van der Waals surface area (Å²) in [7, 11) is 0. The zero-order valence-electron chi connectivity index (χ0n) is 17.5. The lowest BCUT2D eigenvalue weighted by Crippen LogP contribution is -2.14. The van der Waals surface area contributed by atoms with E-state index in [1.165, 1.54) is 18.1 Å². The number of hydrogen-bond donors (Lipinski definition) is 0. The maximum Gasteiger partial charge on any atom is 0.335 e. The number of hydrogen-bond acceptors (Lipinski definition) is 4. The molecule has 0 spiro atoms. The van der Waals surface area contributed by atoms with Crippen LogP contribution in [0.2, 0.25) is 5.02 Å². The second-order valence-corrected chi connectivity index (χ2v) is 8.02. The minimum absolute atomic E-state index is 0.410. The van der Waals surface area contributed by atoms with Crippen molar-refractivity contribution in [1.82, 2.24) is 0 Å². The van der Waals surface area contributed by atoms with Crippen LogP contribution in [-0.2, 0) is 22.4 Å². The summed E-state index contributed by atoms with van der Waals surface area (Å²) in [6.45, 7) is 9.05. The molecule has 0 aromatic heterocycles. The molecule has 1 aliphatic rings. The van der Waals surface area contributed by atoms with Crippen molar-refractivity contribution in [2.45, 2.75) is 46.5 Å². The molecule has 156 valence electrons. The van der Waals surface area contributed by atoms with Gasteiger partial charge in [-0.2, -0.15) is 0 Å². The highest BCUT2D eigenvalue weighted by molar-refractivity contribution is 6.31. The van der Waals surface area contributed by atoms with Crippen LogP contribution >= 0.6 is 11.6 Å². The van der Waals surface area contributed by atoms with Crippen LogP contribution in [0.5, 0.6) is 11.5 Å². The summed E-state index contributed by atoms with van der Waals surface area (Å²) in [5.41, 5.74) is 4.26. The van der Waals surface area contributed by atoms with E-state index in [0.717, 1.165) is 30.0 Å². The van der Waals surface area contributed by atoms with Crippen molar-refractivity contribution < 1.29 is 19.1 Å². The molecule has 2 aromatic rings. The average Bonchev–Trinajstić information content (AvgIpc) is 2.69. The first-order valence-corrected chi connectivity index (χ1v) is 10.3. The van der Waals surface area contributed by atoms with E-state index in [1.54, 1.807) is 18.2 Å². The molecule has 0 radical (unpaired) electrons. The smallest absolute Gasteiger partial charge is 0.335 e. The van der Waals surface area contributed by atoms with Gasteiger partial charge in [0.15, 0.2) is 0 Å². The number of allylic oxidation sites excluding steroid dienone is 4. The van der Waals surface area contributed by atoms with Crippen molar-refractivity contribution in [3.63, 3.8) is 0 Å². The van der Waals surface area contributed by atoms with Gasteiger partial charge in [0.2, 0.25) is 0 Å². The van der Waals surface area contributed by atoms with E-state index in [-0.39, 0.29) is 0 Å². The molecule has 0 N–H and O–H groups in total. The molecule has 0 aliphatic heterocycles. The van der Waals surface area contributed by atoms with E-state index in [0.29, 0.717) is 40.1 Å². The van der Waals surface area contributed by atoms with Crippen LogP contribution in [0.25, 0.3) is 10.8 Å². The largest absolute Gasteiger partial charge is 0.426 e. The first kappa shape index (κ1) is 21.8. The highest BCUT2D eigenvalue weighted by Gasteiger charge is 2.26. The number of fused-ring (bicyclic) bond motifs is 2. The summed E-state index contributed by atoms with van der Waals surface area (Å²) < 4.78 is 11.3. The van der Waals surface area contributed by atoms with Gasteiger partial charge in [-0.05, 0) is 57.7 Å². The minimum Gasteiger partial charge on any atom is -0.426 e. The van der Waals surface area contributed by atoms with Crippen molar-refractivity contribution in [2.24, 2.45) is 0 Å². The lowest BCUT2D eigenvalue weighted by molar-refractivity contribution is -0.132. The maximum absolute atomic E-state index is 12.1.